The van der Waals surface area contributed by atoms with Crippen molar-refractivity contribution in [2.75, 3.05) is 0 Å². The number of aliphatic carboxylic acids is 1. The lowest BCUT2D eigenvalue weighted by Gasteiger charge is -2.75. The molecular weight excluding hydrogens is 317 g/mol. The maximum absolute atomic E-state index is 11.8. The van der Waals surface area contributed by atoms with Crippen LogP contribution in [0.1, 0.15) is 18.4 Å². The van der Waals surface area contributed by atoms with E-state index in [-0.39, 0.29) is 19.4 Å². The van der Waals surface area contributed by atoms with Gasteiger partial charge in [-0.3, -0.25) is 4.79 Å². The first kappa shape index (κ1) is 14.5. The molecule has 0 radical (unpaired) electrons. The molecule has 7 heteroatoms. The first-order valence-electron chi connectivity index (χ1n) is 6.43. The number of carbonyl (C=O) groups excluding carboxylic acids is 1. The van der Waals surface area contributed by atoms with Crippen LogP contribution in [0.25, 0.3) is 0 Å². The standard InChI is InChI=1S/C14H13Cl2NO4/c15-14(16)12(10(18)19)7-13(14,8-12)17-11(20)21-6-9-4-2-1-3-5-9/h1-5H,6-8H2,(H,17,20)(H,18,19). The molecule has 2 bridgehead atoms. The zero-order valence-corrected chi connectivity index (χ0v) is 12.4. The van der Waals surface area contributed by atoms with Crippen LogP contribution in [0.15, 0.2) is 30.3 Å². The summed E-state index contributed by atoms with van der Waals surface area (Å²) in [7, 11) is 0. The molecule has 3 fully saturated rings. The van der Waals surface area contributed by atoms with Gasteiger partial charge < -0.3 is 15.2 Å². The van der Waals surface area contributed by atoms with Crippen LogP contribution in [0.4, 0.5) is 4.79 Å². The average molecular weight is 330 g/mol. The molecule has 1 amide bonds. The van der Waals surface area contributed by atoms with E-state index in [0.29, 0.717) is 0 Å². The molecule has 4 rings (SSSR count). The van der Waals surface area contributed by atoms with Gasteiger partial charge in [0.25, 0.3) is 0 Å². The van der Waals surface area contributed by atoms with Crippen molar-refractivity contribution in [3.8, 4) is 0 Å². The minimum atomic E-state index is -1.49. The van der Waals surface area contributed by atoms with Gasteiger partial charge >= 0.3 is 12.1 Å². The number of ether oxygens (including phenoxy) is 1. The number of amides is 1. The van der Waals surface area contributed by atoms with Crippen molar-refractivity contribution in [1.29, 1.82) is 0 Å². The van der Waals surface area contributed by atoms with Crippen LogP contribution in [0.5, 0.6) is 0 Å². The predicted octanol–water partition coefficient (Wildman–Crippen LogP) is 2.70. The maximum atomic E-state index is 11.8. The van der Waals surface area contributed by atoms with E-state index in [1.54, 1.807) is 0 Å². The lowest BCUT2D eigenvalue weighted by atomic mass is 9.38. The van der Waals surface area contributed by atoms with E-state index < -0.39 is 27.3 Å². The summed E-state index contributed by atoms with van der Waals surface area (Å²) in [6, 6.07) is 9.22. The van der Waals surface area contributed by atoms with Crippen molar-refractivity contribution < 1.29 is 19.4 Å². The number of nitrogens with one attached hydrogen (secondary N) is 1. The molecular formula is C14H13Cl2NO4. The van der Waals surface area contributed by atoms with Crippen LogP contribution in [-0.2, 0) is 16.1 Å². The average Bonchev–Trinajstić information content (AvgIpc) is 2.41. The molecule has 3 saturated carbocycles. The lowest BCUT2D eigenvalue weighted by molar-refractivity contribution is -0.202. The second kappa shape index (κ2) is 4.52. The number of carbonyl (C=O) groups is 2. The number of rotatable bonds is 4. The van der Waals surface area contributed by atoms with Crippen molar-refractivity contribution in [1.82, 2.24) is 5.32 Å². The third-order valence-corrected chi connectivity index (χ3v) is 5.82. The first-order chi connectivity index (χ1) is 9.83. The summed E-state index contributed by atoms with van der Waals surface area (Å²) in [6.45, 7) is 0.129. The van der Waals surface area contributed by atoms with Gasteiger partial charge in [-0.2, -0.15) is 0 Å². The molecule has 5 nitrogen and oxygen atoms in total. The van der Waals surface area contributed by atoms with Gasteiger partial charge in [-0.05, 0) is 18.4 Å². The fourth-order valence-electron chi connectivity index (χ4n) is 3.07. The fraction of sp³-hybridized carbons (Fsp3) is 0.429. The van der Waals surface area contributed by atoms with Gasteiger partial charge in [-0.25, -0.2) is 4.79 Å². The van der Waals surface area contributed by atoms with Crippen molar-refractivity contribution in [2.45, 2.75) is 29.3 Å². The summed E-state index contributed by atoms with van der Waals surface area (Å²) in [5, 5.41) is 11.8. The second-order valence-corrected chi connectivity index (χ2v) is 6.91. The number of hydrogen-bond donors (Lipinski definition) is 2. The molecule has 0 spiro atoms. The van der Waals surface area contributed by atoms with Gasteiger partial charge in [-0.15, -0.1) is 0 Å². The van der Waals surface area contributed by atoms with E-state index >= 15 is 0 Å². The zero-order valence-electron chi connectivity index (χ0n) is 10.9. The van der Waals surface area contributed by atoms with Gasteiger partial charge in [-0.1, -0.05) is 53.5 Å². The van der Waals surface area contributed by atoms with Crippen molar-refractivity contribution >= 4 is 35.3 Å². The highest BCUT2D eigenvalue weighted by Crippen LogP contribution is 2.78. The number of carboxylic acids is 1. The molecule has 0 aromatic heterocycles. The molecule has 0 unspecified atom stereocenters. The number of carboxylic acid groups (broad SMARTS) is 1. The Balaban J connectivity index is 1.57. The Morgan fingerprint density at radius 3 is 2.38 bits per heavy atom. The molecule has 3 aliphatic rings. The summed E-state index contributed by atoms with van der Waals surface area (Å²) in [4.78, 5) is 23.0. The zero-order chi connectivity index (χ0) is 15.3. The van der Waals surface area contributed by atoms with E-state index in [0.717, 1.165) is 5.56 Å². The molecule has 1 aromatic carbocycles. The highest BCUT2D eigenvalue weighted by atomic mass is 35.5. The monoisotopic (exact) mass is 329 g/mol. The Labute approximate surface area is 131 Å². The van der Waals surface area contributed by atoms with E-state index in [1.807, 2.05) is 30.3 Å². The lowest BCUT2D eigenvalue weighted by Crippen LogP contribution is -2.90. The van der Waals surface area contributed by atoms with Crippen LogP contribution >= 0.6 is 23.2 Å². The third kappa shape index (κ3) is 1.84. The van der Waals surface area contributed by atoms with Crippen molar-refractivity contribution in [2.24, 2.45) is 5.41 Å². The van der Waals surface area contributed by atoms with Gasteiger partial charge in [0.2, 0.25) is 0 Å². The number of alkyl halides is 2. The molecule has 1 aromatic rings. The summed E-state index contributed by atoms with van der Waals surface area (Å²) in [5.74, 6) is -1.03. The van der Waals surface area contributed by atoms with Crippen LogP contribution in [-0.4, -0.2) is 27.0 Å². The van der Waals surface area contributed by atoms with Crippen LogP contribution in [0, 0.1) is 5.41 Å². The Kier molecular flexibility index (Phi) is 3.11. The predicted molar refractivity (Wildman–Crippen MR) is 76.2 cm³/mol. The highest BCUT2D eigenvalue weighted by Gasteiger charge is 2.88. The number of hydrogen-bond acceptors (Lipinski definition) is 3. The fourth-order valence-corrected chi connectivity index (χ4v) is 3.86. The Hall–Kier alpha value is -1.46. The van der Waals surface area contributed by atoms with Crippen LogP contribution in [0.2, 0.25) is 0 Å². The minimum absolute atomic E-state index is 0.129. The van der Waals surface area contributed by atoms with Crippen molar-refractivity contribution in [3.05, 3.63) is 35.9 Å². The van der Waals surface area contributed by atoms with Gasteiger partial charge in [0.15, 0.2) is 4.33 Å². The number of halogens is 2. The summed E-state index contributed by atoms with van der Waals surface area (Å²) < 4.78 is 3.61. The Morgan fingerprint density at radius 2 is 1.86 bits per heavy atom. The minimum Gasteiger partial charge on any atom is -0.481 e. The largest absolute Gasteiger partial charge is 0.481 e. The molecule has 0 saturated heterocycles. The molecule has 0 heterocycles. The third-order valence-electron chi connectivity index (χ3n) is 4.37. The van der Waals surface area contributed by atoms with E-state index in [9.17, 15) is 9.59 Å². The van der Waals surface area contributed by atoms with Gasteiger partial charge in [0.1, 0.15) is 12.0 Å². The van der Waals surface area contributed by atoms with E-state index in [1.165, 1.54) is 0 Å². The normalized spacial score (nSPS) is 31.5. The van der Waals surface area contributed by atoms with E-state index in [2.05, 4.69) is 5.32 Å². The molecule has 21 heavy (non-hydrogen) atoms. The van der Waals surface area contributed by atoms with Gasteiger partial charge in [0.05, 0.1) is 5.54 Å². The number of benzene rings is 1. The summed E-state index contributed by atoms with van der Waals surface area (Å²) in [6.07, 6.45) is -0.200. The Bertz CT molecular complexity index is 596. The maximum Gasteiger partial charge on any atom is 0.408 e. The highest BCUT2D eigenvalue weighted by molar-refractivity contribution is 6.53. The summed E-state index contributed by atoms with van der Waals surface area (Å²) >= 11 is 12.2. The smallest absolute Gasteiger partial charge is 0.408 e. The summed E-state index contributed by atoms with van der Waals surface area (Å²) in [5.41, 5.74) is -1.19. The van der Waals surface area contributed by atoms with Crippen molar-refractivity contribution in [3.63, 3.8) is 0 Å². The topological polar surface area (TPSA) is 75.6 Å². The quantitative estimate of drug-likeness (QED) is 0.833. The van der Waals surface area contributed by atoms with Crippen LogP contribution in [0.3, 0.4) is 0 Å². The molecule has 0 aliphatic heterocycles. The molecule has 112 valence electrons. The van der Waals surface area contributed by atoms with Crippen LogP contribution < -0.4 is 5.32 Å². The molecule has 0 atom stereocenters. The molecule has 2 N–H and O–H groups in total. The van der Waals surface area contributed by atoms with E-state index in [4.69, 9.17) is 33.0 Å². The first-order valence-corrected chi connectivity index (χ1v) is 7.19. The second-order valence-electron chi connectivity index (χ2n) is 5.58. The Morgan fingerprint density at radius 1 is 1.24 bits per heavy atom. The SMILES string of the molecule is O=C(NC12CC(C(=O)O)(C1)C2(Cl)Cl)OCc1ccccc1. The van der Waals surface area contributed by atoms with Gasteiger partial charge in [0, 0.05) is 0 Å². The molecule has 3 aliphatic carbocycles. The number of alkyl carbamates (subject to hydrolysis) is 1.